The Hall–Kier alpha value is -2.07. The van der Waals surface area contributed by atoms with Crippen LogP contribution in [0.4, 0.5) is 0 Å². The molecule has 0 spiro atoms. The molecule has 0 saturated carbocycles. The van der Waals surface area contributed by atoms with Gasteiger partial charge in [-0.2, -0.15) is 0 Å². The third kappa shape index (κ3) is 4.21. The van der Waals surface area contributed by atoms with E-state index in [1.807, 2.05) is 12.1 Å². The Labute approximate surface area is 134 Å². The minimum atomic E-state index is -0.388. The number of amides is 1. The number of nitrogens with one attached hydrogen (secondary N) is 2. The van der Waals surface area contributed by atoms with Crippen LogP contribution in [0.25, 0.3) is 11.3 Å². The fraction of sp³-hybridized carbons (Fsp3) is 0.294. The molecule has 0 aliphatic rings. The van der Waals surface area contributed by atoms with Crippen LogP contribution in [0.15, 0.2) is 41.2 Å². The maximum atomic E-state index is 12.1. The van der Waals surface area contributed by atoms with Gasteiger partial charge in [0.1, 0.15) is 5.56 Å². The lowest BCUT2D eigenvalue weighted by Crippen LogP contribution is -2.30. The predicted molar refractivity (Wildman–Crippen MR) is 89.4 cm³/mol. The molecule has 0 saturated heterocycles. The molecule has 0 bridgehead atoms. The van der Waals surface area contributed by atoms with E-state index in [2.05, 4.69) is 17.2 Å². The number of unbranched alkanes of at least 4 members (excludes halogenated alkanes) is 2. The van der Waals surface area contributed by atoms with Crippen LogP contribution in [0.2, 0.25) is 5.02 Å². The summed E-state index contributed by atoms with van der Waals surface area (Å²) in [6.07, 6.45) is 3.07. The summed E-state index contributed by atoms with van der Waals surface area (Å²) in [6, 6.07) is 10.4. The van der Waals surface area contributed by atoms with E-state index < -0.39 is 0 Å². The van der Waals surface area contributed by atoms with Crippen molar-refractivity contribution >= 4 is 17.5 Å². The summed E-state index contributed by atoms with van der Waals surface area (Å²) >= 11 is 5.84. The van der Waals surface area contributed by atoms with E-state index in [0.717, 1.165) is 24.8 Å². The van der Waals surface area contributed by atoms with Crippen LogP contribution in [0.3, 0.4) is 0 Å². The normalized spacial score (nSPS) is 10.5. The number of H-pyrrole nitrogens is 1. The van der Waals surface area contributed by atoms with Crippen molar-refractivity contribution in [2.45, 2.75) is 26.2 Å². The fourth-order valence-corrected chi connectivity index (χ4v) is 2.25. The van der Waals surface area contributed by atoms with Gasteiger partial charge in [-0.15, -0.1) is 0 Å². The van der Waals surface area contributed by atoms with Gasteiger partial charge in [-0.05, 0) is 36.2 Å². The molecule has 0 radical (unpaired) electrons. The third-order valence-electron chi connectivity index (χ3n) is 3.38. The molecule has 5 heteroatoms. The Kier molecular flexibility index (Phi) is 5.78. The number of aromatic amines is 1. The van der Waals surface area contributed by atoms with Gasteiger partial charge in [-0.25, -0.2) is 0 Å². The van der Waals surface area contributed by atoms with Crippen LogP contribution in [0, 0.1) is 0 Å². The van der Waals surface area contributed by atoms with Crippen LogP contribution < -0.4 is 10.9 Å². The average molecular weight is 319 g/mol. The summed E-state index contributed by atoms with van der Waals surface area (Å²) < 4.78 is 0. The second-order valence-electron chi connectivity index (χ2n) is 5.08. The Morgan fingerprint density at radius 3 is 2.50 bits per heavy atom. The van der Waals surface area contributed by atoms with Gasteiger partial charge in [0, 0.05) is 17.3 Å². The first-order chi connectivity index (χ1) is 10.6. The largest absolute Gasteiger partial charge is 0.352 e. The molecule has 1 amide bonds. The Balaban J connectivity index is 2.11. The second kappa shape index (κ2) is 7.80. The van der Waals surface area contributed by atoms with E-state index in [9.17, 15) is 9.59 Å². The predicted octanol–water partition coefficient (Wildman–Crippen LogP) is 3.62. The summed E-state index contributed by atoms with van der Waals surface area (Å²) in [5.41, 5.74) is 1.25. The number of halogens is 1. The van der Waals surface area contributed by atoms with Gasteiger partial charge in [0.05, 0.1) is 0 Å². The average Bonchev–Trinajstić information content (AvgIpc) is 2.52. The first-order valence-corrected chi connectivity index (χ1v) is 7.77. The molecule has 0 atom stereocenters. The molecule has 2 aromatic rings. The number of hydrogen-bond donors (Lipinski definition) is 2. The molecule has 2 rings (SSSR count). The van der Waals surface area contributed by atoms with Crippen LogP contribution >= 0.6 is 11.6 Å². The van der Waals surface area contributed by atoms with Crippen LogP contribution in [-0.2, 0) is 0 Å². The zero-order valence-corrected chi connectivity index (χ0v) is 13.2. The monoisotopic (exact) mass is 318 g/mol. The molecule has 4 nitrogen and oxygen atoms in total. The van der Waals surface area contributed by atoms with Crippen molar-refractivity contribution in [2.75, 3.05) is 6.54 Å². The molecule has 1 aromatic heterocycles. The molecule has 1 heterocycles. The number of aromatic nitrogens is 1. The van der Waals surface area contributed by atoms with Crippen LogP contribution in [0.5, 0.6) is 0 Å². The number of carbonyl (C=O) groups excluding carboxylic acids is 1. The summed E-state index contributed by atoms with van der Waals surface area (Å²) in [5, 5.41) is 3.40. The molecular weight excluding hydrogens is 300 g/mol. The van der Waals surface area contributed by atoms with Gasteiger partial charge in [-0.3, -0.25) is 9.59 Å². The number of benzene rings is 1. The smallest absolute Gasteiger partial charge is 0.261 e. The van der Waals surface area contributed by atoms with E-state index in [1.54, 1.807) is 24.3 Å². The van der Waals surface area contributed by atoms with Gasteiger partial charge >= 0.3 is 0 Å². The first-order valence-electron chi connectivity index (χ1n) is 7.39. The summed E-state index contributed by atoms with van der Waals surface area (Å²) in [6.45, 7) is 2.69. The van der Waals surface area contributed by atoms with Crippen LogP contribution in [0.1, 0.15) is 36.5 Å². The van der Waals surface area contributed by atoms with Gasteiger partial charge < -0.3 is 10.3 Å². The lowest BCUT2D eigenvalue weighted by molar-refractivity contribution is 0.0951. The zero-order chi connectivity index (χ0) is 15.9. The standard InChI is InChI=1S/C17H19ClN2O2/c1-2-3-4-11-19-16(21)14-9-10-15(20-17(14)22)12-5-7-13(18)8-6-12/h5-10H,2-4,11H2,1H3,(H,19,21)(H,20,22). The number of pyridine rings is 1. The highest BCUT2D eigenvalue weighted by Gasteiger charge is 2.10. The maximum Gasteiger partial charge on any atom is 0.261 e. The molecule has 0 unspecified atom stereocenters. The Morgan fingerprint density at radius 2 is 1.86 bits per heavy atom. The highest BCUT2D eigenvalue weighted by molar-refractivity contribution is 6.30. The molecule has 0 aliphatic heterocycles. The van der Waals surface area contributed by atoms with E-state index in [1.165, 1.54) is 0 Å². The summed E-state index contributed by atoms with van der Waals surface area (Å²) in [7, 11) is 0. The van der Waals surface area contributed by atoms with Crippen molar-refractivity contribution < 1.29 is 4.79 Å². The molecule has 2 N–H and O–H groups in total. The summed E-state index contributed by atoms with van der Waals surface area (Å²) in [4.78, 5) is 26.8. The fourth-order valence-electron chi connectivity index (χ4n) is 2.12. The highest BCUT2D eigenvalue weighted by Crippen LogP contribution is 2.18. The Morgan fingerprint density at radius 1 is 1.14 bits per heavy atom. The van der Waals surface area contributed by atoms with Crippen molar-refractivity contribution in [3.8, 4) is 11.3 Å². The van der Waals surface area contributed by atoms with E-state index >= 15 is 0 Å². The molecular formula is C17H19ClN2O2. The van der Waals surface area contributed by atoms with Crippen molar-refractivity contribution in [2.24, 2.45) is 0 Å². The highest BCUT2D eigenvalue weighted by atomic mass is 35.5. The topological polar surface area (TPSA) is 62.0 Å². The third-order valence-corrected chi connectivity index (χ3v) is 3.63. The number of carbonyl (C=O) groups is 1. The second-order valence-corrected chi connectivity index (χ2v) is 5.52. The molecule has 22 heavy (non-hydrogen) atoms. The number of rotatable bonds is 6. The van der Waals surface area contributed by atoms with Crippen molar-refractivity contribution in [3.63, 3.8) is 0 Å². The van der Waals surface area contributed by atoms with Gasteiger partial charge in [0.25, 0.3) is 11.5 Å². The minimum Gasteiger partial charge on any atom is -0.352 e. The van der Waals surface area contributed by atoms with E-state index in [0.29, 0.717) is 17.3 Å². The minimum absolute atomic E-state index is 0.134. The van der Waals surface area contributed by atoms with Crippen LogP contribution in [-0.4, -0.2) is 17.4 Å². The van der Waals surface area contributed by atoms with E-state index in [-0.39, 0.29) is 17.0 Å². The first kappa shape index (κ1) is 16.3. The van der Waals surface area contributed by atoms with Gasteiger partial charge in [-0.1, -0.05) is 43.5 Å². The van der Waals surface area contributed by atoms with Crippen molar-refractivity contribution in [1.82, 2.24) is 10.3 Å². The quantitative estimate of drug-likeness (QED) is 0.799. The number of hydrogen-bond acceptors (Lipinski definition) is 2. The molecule has 1 aromatic carbocycles. The lowest BCUT2D eigenvalue weighted by atomic mass is 10.1. The van der Waals surface area contributed by atoms with Gasteiger partial charge in [0.2, 0.25) is 0 Å². The SMILES string of the molecule is CCCCCNC(=O)c1ccc(-c2ccc(Cl)cc2)[nH]c1=O. The Bertz CT molecular complexity index is 693. The molecule has 0 fully saturated rings. The van der Waals surface area contributed by atoms with Gasteiger partial charge in [0.15, 0.2) is 0 Å². The zero-order valence-electron chi connectivity index (χ0n) is 12.5. The molecule has 116 valence electrons. The van der Waals surface area contributed by atoms with Crippen molar-refractivity contribution in [1.29, 1.82) is 0 Å². The van der Waals surface area contributed by atoms with Crippen molar-refractivity contribution in [3.05, 3.63) is 57.3 Å². The van der Waals surface area contributed by atoms with E-state index in [4.69, 9.17) is 11.6 Å². The molecule has 0 aliphatic carbocycles. The lowest BCUT2D eigenvalue weighted by Gasteiger charge is -2.06. The maximum absolute atomic E-state index is 12.1. The summed E-state index contributed by atoms with van der Waals surface area (Å²) in [5.74, 6) is -0.333.